The first-order valence-electron chi connectivity index (χ1n) is 8.36. The number of rotatable bonds is 9. The minimum absolute atomic E-state index is 0.0198. The van der Waals surface area contributed by atoms with Crippen LogP contribution in [-0.2, 0) is 36.0 Å². The molecule has 1 N–H and O–H groups in total. The molecule has 152 valence electrons. The van der Waals surface area contributed by atoms with Crippen molar-refractivity contribution in [2.45, 2.75) is 29.7 Å². The van der Waals surface area contributed by atoms with Crippen LogP contribution in [-0.4, -0.2) is 35.1 Å². The van der Waals surface area contributed by atoms with E-state index in [2.05, 4.69) is 4.72 Å². The lowest BCUT2D eigenvalue weighted by atomic mass is 10.2. The first-order valence-corrected chi connectivity index (χ1v) is 11.9. The Balaban J connectivity index is 1.88. The molecular formula is C18H20ClNO6S2. The van der Waals surface area contributed by atoms with E-state index in [1.165, 1.54) is 36.4 Å². The predicted molar refractivity (Wildman–Crippen MR) is 105 cm³/mol. The van der Waals surface area contributed by atoms with Crippen LogP contribution in [0.3, 0.4) is 0 Å². The number of sulfone groups is 1. The summed E-state index contributed by atoms with van der Waals surface area (Å²) in [6, 6.07) is 11.5. The average Bonchev–Trinajstić information content (AvgIpc) is 2.65. The molecule has 2 aromatic rings. The van der Waals surface area contributed by atoms with Crippen molar-refractivity contribution in [3.63, 3.8) is 0 Å². The standard InChI is InChI=1S/C18H20ClNO6S2/c1-2-11-27(22,23)16-7-3-14(4-8-16)13-26-18(21)12-20-28(24,25)17-9-5-15(19)6-10-17/h3-10,20H,2,11-13H2,1H3. The van der Waals surface area contributed by atoms with Crippen LogP contribution in [0, 0.1) is 0 Å². The fourth-order valence-electron chi connectivity index (χ4n) is 2.25. The molecule has 2 rings (SSSR count). The maximum atomic E-state index is 12.1. The summed E-state index contributed by atoms with van der Waals surface area (Å²) in [5.74, 6) is -0.699. The minimum Gasteiger partial charge on any atom is -0.460 e. The highest BCUT2D eigenvalue weighted by molar-refractivity contribution is 7.91. The number of esters is 1. The second-order valence-corrected chi connectivity index (χ2v) is 10.2. The van der Waals surface area contributed by atoms with Gasteiger partial charge < -0.3 is 4.74 Å². The minimum atomic E-state index is -3.86. The van der Waals surface area contributed by atoms with Gasteiger partial charge in [0.05, 0.1) is 15.5 Å². The lowest BCUT2D eigenvalue weighted by molar-refractivity contribution is -0.143. The highest BCUT2D eigenvalue weighted by atomic mass is 35.5. The molecule has 7 nitrogen and oxygen atoms in total. The summed E-state index contributed by atoms with van der Waals surface area (Å²) in [7, 11) is -7.16. The monoisotopic (exact) mass is 445 g/mol. The summed E-state index contributed by atoms with van der Waals surface area (Å²) in [5, 5.41) is 0.395. The Morgan fingerprint density at radius 3 is 2.11 bits per heavy atom. The fraction of sp³-hybridized carbons (Fsp3) is 0.278. The molecule has 0 aromatic heterocycles. The lowest BCUT2D eigenvalue weighted by Gasteiger charge is -2.08. The van der Waals surface area contributed by atoms with E-state index in [0.29, 0.717) is 17.0 Å². The molecule has 0 fully saturated rings. The summed E-state index contributed by atoms with van der Waals surface area (Å²) in [6.07, 6.45) is 0.521. The maximum Gasteiger partial charge on any atom is 0.321 e. The third-order valence-corrected chi connectivity index (χ3v) is 7.29. The van der Waals surface area contributed by atoms with E-state index in [1.807, 2.05) is 0 Å². The van der Waals surface area contributed by atoms with Crippen molar-refractivity contribution in [3.8, 4) is 0 Å². The maximum absolute atomic E-state index is 12.1. The molecule has 0 aliphatic carbocycles. The van der Waals surface area contributed by atoms with Gasteiger partial charge in [0.25, 0.3) is 0 Å². The average molecular weight is 446 g/mol. The third-order valence-electron chi connectivity index (χ3n) is 3.69. The largest absolute Gasteiger partial charge is 0.460 e. The van der Waals surface area contributed by atoms with Crippen molar-refractivity contribution in [1.29, 1.82) is 0 Å². The van der Waals surface area contributed by atoms with Crippen molar-refractivity contribution >= 4 is 37.4 Å². The number of ether oxygens (including phenoxy) is 1. The van der Waals surface area contributed by atoms with Crippen molar-refractivity contribution in [3.05, 3.63) is 59.1 Å². The molecule has 0 bridgehead atoms. The van der Waals surface area contributed by atoms with Gasteiger partial charge in [0.2, 0.25) is 10.0 Å². The topological polar surface area (TPSA) is 107 Å². The summed E-state index contributed by atoms with van der Waals surface area (Å²) in [6.45, 7) is 1.15. The molecule has 0 saturated carbocycles. The zero-order valence-electron chi connectivity index (χ0n) is 15.1. The molecule has 0 aliphatic heterocycles. The number of hydrogen-bond donors (Lipinski definition) is 1. The molecule has 0 atom stereocenters. The molecular weight excluding hydrogens is 426 g/mol. The highest BCUT2D eigenvalue weighted by Gasteiger charge is 2.16. The van der Waals surface area contributed by atoms with Gasteiger partial charge in [0, 0.05) is 5.02 Å². The van der Waals surface area contributed by atoms with E-state index in [9.17, 15) is 21.6 Å². The number of sulfonamides is 1. The molecule has 28 heavy (non-hydrogen) atoms. The SMILES string of the molecule is CCCS(=O)(=O)c1ccc(COC(=O)CNS(=O)(=O)c2ccc(Cl)cc2)cc1. The van der Waals surface area contributed by atoms with Crippen molar-refractivity contribution in [2.75, 3.05) is 12.3 Å². The lowest BCUT2D eigenvalue weighted by Crippen LogP contribution is -2.30. The van der Waals surface area contributed by atoms with Crippen LogP contribution in [0.15, 0.2) is 58.3 Å². The van der Waals surface area contributed by atoms with Gasteiger partial charge in [-0.1, -0.05) is 30.7 Å². The number of benzene rings is 2. The van der Waals surface area contributed by atoms with Crippen LogP contribution in [0.2, 0.25) is 5.02 Å². The normalized spacial score (nSPS) is 11.9. The Kier molecular flexibility index (Phi) is 7.59. The molecule has 0 heterocycles. The summed E-state index contributed by atoms with van der Waals surface area (Å²) in [5.41, 5.74) is 0.587. The van der Waals surface area contributed by atoms with Gasteiger partial charge >= 0.3 is 5.97 Å². The predicted octanol–water partition coefficient (Wildman–Crippen LogP) is 2.55. The van der Waals surface area contributed by atoms with E-state index in [1.54, 1.807) is 19.1 Å². The van der Waals surface area contributed by atoms with Crippen LogP contribution in [0.1, 0.15) is 18.9 Å². The van der Waals surface area contributed by atoms with Crippen molar-refractivity contribution in [1.82, 2.24) is 4.72 Å². The van der Waals surface area contributed by atoms with Gasteiger partial charge in [-0.05, 0) is 48.4 Å². The molecule has 10 heteroatoms. The fourth-order valence-corrected chi connectivity index (χ4v) is 4.66. The zero-order chi connectivity index (χ0) is 20.8. The van der Waals surface area contributed by atoms with E-state index < -0.39 is 32.4 Å². The van der Waals surface area contributed by atoms with Gasteiger partial charge in [-0.25, -0.2) is 16.8 Å². The molecule has 0 aliphatic rings. The molecule has 2 aromatic carbocycles. The second-order valence-electron chi connectivity index (χ2n) is 5.90. The van der Waals surface area contributed by atoms with Crippen LogP contribution in [0.4, 0.5) is 0 Å². The summed E-state index contributed by atoms with van der Waals surface area (Å²) >= 11 is 5.72. The number of carbonyl (C=O) groups excluding carboxylic acids is 1. The van der Waals surface area contributed by atoms with E-state index in [-0.39, 0.29) is 22.2 Å². The van der Waals surface area contributed by atoms with Crippen molar-refractivity contribution in [2.24, 2.45) is 0 Å². The Bertz CT molecular complexity index is 1020. The number of carbonyl (C=O) groups is 1. The van der Waals surface area contributed by atoms with Crippen molar-refractivity contribution < 1.29 is 26.4 Å². The Labute approximate surface area is 169 Å². The molecule has 0 amide bonds. The summed E-state index contributed by atoms with van der Waals surface area (Å²) in [4.78, 5) is 12.0. The van der Waals surface area contributed by atoms with Crippen LogP contribution in [0.5, 0.6) is 0 Å². The van der Waals surface area contributed by atoms with Crippen LogP contribution >= 0.6 is 11.6 Å². The second kappa shape index (κ2) is 9.51. The first kappa shape index (κ1) is 22.4. The van der Waals surface area contributed by atoms with Crippen LogP contribution < -0.4 is 4.72 Å². The molecule has 0 spiro atoms. The Morgan fingerprint density at radius 2 is 1.54 bits per heavy atom. The Morgan fingerprint density at radius 1 is 0.964 bits per heavy atom. The van der Waals surface area contributed by atoms with E-state index >= 15 is 0 Å². The number of nitrogens with one attached hydrogen (secondary N) is 1. The van der Waals surface area contributed by atoms with E-state index in [4.69, 9.17) is 16.3 Å². The zero-order valence-corrected chi connectivity index (χ0v) is 17.5. The number of halogens is 1. The van der Waals surface area contributed by atoms with Crippen LogP contribution in [0.25, 0.3) is 0 Å². The molecule has 0 saturated heterocycles. The molecule has 0 radical (unpaired) electrons. The van der Waals surface area contributed by atoms with Gasteiger partial charge in [-0.15, -0.1) is 0 Å². The quantitative estimate of drug-likeness (QED) is 0.594. The summed E-state index contributed by atoms with van der Waals surface area (Å²) < 4.78 is 55.3. The van der Waals surface area contributed by atoms with Gasteiger partial charge in [-0.3, -0.25) is 4.79 Å². The number of hydrogen-bond acceptors (Lipinski definition) is 6. The van der Waals surface area contributed by atoms with Gasteiger partial charge in [-0.2, -0.15) is 4.72 Å². The third kappa shape index (κ3) is 6.30. The van der Waals surface area contributed by atoms with E-state index in [0.717, 1.165) is 0 Å². The van der Waals surface area contributed by atoms with Gasteiger partial charge in [0.1, 0.15) is 13.2 Å². The highest BCUT2D eigenvalue weighted by Crippen LogP contribution is 2.15. The molecule has 0 unspecified atom stereocenters. The Hall–Kier alpha value is -1.94. The smallest absolute Gasteiger partial charge is 0.321 e. The van der Waals surface area contributed by atoms with Gasteiger partial charge in [0.15, 0.2) is 9.84 Å². The first-order chi connectivity index (χ1) is 13.1.